The predicted molar refractivity (Wildman–Crippen MR) is 84.1 cm³/mol. The van der Waals surface area contributed by atoms with E-state index >= 15 is 0 Å². The van der Waals surface area contributed by atoms with E-state index in [-0.39, 0.29) is 11.3 Å². The van der Waals surface area contributed by atoms with E-state index in [1.807, 2.05) is 6.92 Å². The Morgan fingerprint density at radius 3 is 2.61 bits per heavy atom. The average molecular weight is 321 g/mol. The Bertz CT molecular complexity index is 632. The molecule has 0 unspecified atom stereocenters. The summed E-state index contributed by atoms with van der Waals surface area (Å²) >= 11 is 0. The second kappa shape index (κ2) is 7.39. The van der Waals surface area contributed by atoms with Crippen LogP contribution < -0.4 is 10.9 Å². The van der Waals surface area contributed by atoms with Gasteiger partial charge in [0.25, 0.3) is 11.5 Å². The molecule has 0 radical (unpaired) electrons. The minimum Gasteiger partial charge on any atom is -0.467 e. The van der Waals surface area contributed by atoms with Gasteiger partial charge >= 0.3 is 5.97 Å². The Balaban J connectivity index is 2.23. The zero-order chi connectivity index (χ0) is 16.9. The molecule has 1 aliphatic carbocycles. The fraction of sp³-hybridized carbons (Fsp3) is 0.625. The van der Waals surface area contributed by atoms with Gasteiger partial charge in [0.05, 0.1) is 7.11 Å². The molecule has 1 amide bonds. The van der Waals surface area contributed by atoms with Crippen LogP contribution >= 0.6 is 0 Å². The lowest BCUT2D eigenvalue weighted by Crippen LogP contribution is -2.56. The number of aryl methyl sites for hydroxylation is 1. The van der Waals surface area contributed by atoms with Gasteiger partial charge in [0, 0.05) is 12.6 Å². The molecule has 0 spiro atoms. The summed E-state index contributed by atoms with van der Waals surface area (Å²) in [5.74, 6) is -0.880. The topological polar surface area (TPSA) is 90.3 Å². The third-order valence-corrected chi connectivity index (χ3v) is 4.17. The van der Waals surface area contributed by atoms with E-state index in [0.717, 1.165) is 25.7 Å². The van der Waals surface area contributed by atoms with Gasteiger partial charge in [-0.3, -0.25) is 9.59 Å². The van der Waals surface area contributed by atoms with Gasteiger partial charge in [-0.1, -0.05) is 26.2 Å². The van der Waals surface area contributed by atoms with Crippen molar-refractivity contribution < 1.29 is 14.3 Å². The van der Waals surface area contributed by atoms with Gasteiger partial charge in [0.2, 0.25) is 0 Å². The highest BCUT2D eigenvalue weighted by atomic mass is 16.5. The van der Waals surface area contributed by atoms with E-state index in [1.165, 1.54) is 23.9 Å². The summed E-state index contributed by atoms with van der Waals surface area (Å²) in [6.07, 6.45) is 4.61. The van der Waals surface area contributed by atoms with E-state index in [2.05, 4.69) is 10.4 Å². The number of nitrogens with zero attached hydrogens (tertiary/aromatic N) is 2. The molecule has 23 heavy (non-hydrogen) atoms. The highest BCUT2D eigenvalue weighted by Gasteiger charge is 2.42. The number of methoxy groups -OCH3 is 1. The van der Waals surface area contributed by atoms with Crippen LogP contribution in [-0.4, -0.2) is 34.3 Å². The summed E-state index contributed by atoms with van der Waals surface area (Å²) in [5.41, 5.74) is -1.10. The number of ether oxygens (including phenoxy) is 1. The quantitative estimate of drug-likeness (QED) is 0.825. The molecule has 1 aromatic rings. The second-order valence-electron chi connectivity index (χ2n) is 5.87. The van der Waals surface area contributed by atoms with Crippen LogP contribution in [-0.2, 0) is 16.1 Å². The van der Waals surface area contributed by atoms with Crippen molar-refractivity contribution in [3.63, 3.8) is 0 Å². The summed E-state index contributed by atoms with van der Waals surface area (Å²) in [5, 5.41) is 6.88. The number of esters is 1. The Morgan fingerprint density at radius 2 is 2.00 bits per heavy atom. The molecule has 0 aromatic carbocycles. The summed E-state index contributed by atoms with van der Waals surface area (Å²) in [4.78, 5) is 36.4. The van der Waals surface area contributed by atoms with Gasteiger partial charge in [-0.15, -0.1) is 0 Å². The van der Waals surface area contributed by atoms with Crippen molar-refractivity contribution in [2.45, 2.75) is 57.5 Å². The summed E-state index contributed by atoms with van der Waals surface area (Å²) in [6.45, 7) is 2.37. The molecule has 0 aliphatic heterocycles. The van der Waals surface area contributed by atoms with Crippen LogP contribution in [0.1, 0.15) is 55.9 Å². The van der Waals surface area contributed by atoms with E-state index in [4.69, 9.17) is 4.74 Å². The fourth-order valence-electron chi connectivity index (χ4n) is 2.95. The average Bonchev–Trinajstić information content (AvgIpc) is 2.57. The van der Waals surface area contributed by atoms with Crippen molar-refractivity contribution in [2.75, 3.05) is 7.11 Å². The molecule has 1 aromatic heterocycles. The smallest absolute Gasteiger partial charge is 0.331 e. The molecule has 0 atom stereocenters. The first-order valence-electron chi connectivity index (χ1n) is 8.01. The lowest BCUT2D eigenvalue weighted by atomic mass is 9.81. The Hall–Kier alpha value is -2.18. The highest BCUT2D eigenvalue weighted by molar-refractivity contribution is 5.96. The van der Waals surface area contributed by atoms with Crippen LogP contribution in [0.4, 0.5) is 0 Å². The Kier molecular flexibility index (Phi) is 5.52. The molecule has 2 rings (SSSR count). The van der Waals surface area contributed by atoms with Crippen LogP contribution in [0.2, 0.25) is 0 Å². The fourth-order valence-corrected chi connectivity index (χ4v) is 2.95. The molecule has 1 aliphatic rings. The molecule has 0 bridgehead atoms. The minimum atomic E-state index is -0.989. The van der Waals surface area contributed by atoms with Crippen LogP contribution in [0.15, 0.2) is 16.9 Å². The minimum absolute atomic E-state index is 0.131. The van der Waals surface area contributed by atoms with Gasteiger partial charge in [-0.05, 0) is 25.3 Å². The van der Waals surface area contributed by atoms with Crippen molar-refractivity contribution >= 4 is 11.9 Å². The van der Waals surface area contributed by atoms with Crippen LogP contribution in [0, 0.1) is 0 Å². The molecule has 126 valence electrons. The maximum atomic E-state index is 12.5. The number of amides is 1. The molecule has 1 heterocycles. The Morgan fingerprint density at radius 1 is 1.30 bits per heavy atom. The van der Waals surface area contributed by atoms with E-state index in [1.54, 1.807) is 0 Å². The van der Waals surface area contributed by atoms with Gasteiger partial charge in [0.1, 0.15) is 11.2 Å². The zero-order valence-corrected chi connectivity index (χ0v) is 13.6. The van der Waals surface area contributed by atoms with Gasteiger partial charge in [-0.2, -0.15) is 5.10 Å². The van der Waals surface area contributed by atoms with Crippen molar-refractivity contribution in [3.05, 3.63) is 28.2 Å². The summed E-state index contributed by atoms with van der Waals surface area (Å²) in [7, 11) is 1.32. The first kappa shape index (κ1) is 17.2. The molecule has 1 fully saturated rings. The molecule has 0 saturated heterocycles. The van der Waals surface area contributed by atoms with Crippen LogP contribution in [0.3, 0.4) is 0 Å². The maximum Gasteiger partial charge on any atom is 0.331 e. The molecular weight excluding hydrogens is 298 g/mol. The predicted octanol–water partition coefficient (Wildman–Crippen LogP) is 1.26. The number of carbonyl (C=O) groups excluding carboxylic acids is 2. The number of aromatic nitrogens is 2. The molecule has 1 N–H and O–H groups in total. The lowest BCUT2D eigenvalue weighted by molar-refractivity contribution is -0.149. The van der Waals surface area contributed by atoms with E-state index < -0.39 is 17.4 Å². The molecular formula is C16H23N3O4. The normalized spacial score (nSPS) is 16.6. The SMILES string of the molecule is CCCn1nc(C(=O)NC2(C(=O)OC)CCCCC2)ccc1=O. The number of hydrogen-bond acceptors (Lipinski definition) is 5. The van der Waals surface area contributed by atoms with Crippen molar-refractivity contribution in [1.29, 1.82) is 0 Å². The van der Waals surface area contributed by atoms with Crippen molar-refractivity contribution in [2.24, 2.45) is 0 Å². The van der Waals surface area contributed by atoms with Crippen molar-refractivity contribution in [3.8, 4) is 0 Å². The molecule has 7 heteroatoms. The zero-order valence-electron chi connectivity index (χ0n) is 13.6. The monoisotopic (exact) mass is 321 g/mol. The van der Waals surface area contributed by atoms with Crippen LogP contribution in [0.5, 0.6) is 0 Å². The lowest BCUT2D eigenvalue weighted by Gasteiger charge is -2.35. The number of hydrogen-bond donors (Lipinski definition) is 1. The van der Waals surface area contributed by atoms with Crippen LogP contribution in [0.25, 0.3) is 0 Å². The number of rotatable bonds is 5. The first-order valence-corrected chi connectivity index (χ1v) is 8.01. The summed E-state index contributed by atoms with van der Waals surface area (Å²) < 4.78 is 6.15. The number of carbonyl (C=O) groups is 2. The Labute approximate surface area is 135 Å². The summed E-state index contributed by atoms with van der Waals surface area (Å²) in [6, 6.07) is 2.71. The second-order valence-corrected chi connectivity index (χ2v) is 5.87. The third kappa shape index (κ3) is 3.78. The standard InChI is InChI=1S/C16H23N3O4/c1-3-11-19-13(20)8-7-12(18-19)14(21)17-16(15(22)23-2)9-5-4-6-10-16/h7-8H,3-6,9-11H2,1-2H3,(H,17,21). The highest BCUT2D eigenvalue weighted by Crippen LogP contribution is 2.29. The first-order chi connectivity index (χ1) is 11.0. The van der Waals surface area contributed by atoms with E-state index in [9.17, 15) is 14.4 Å². The largest absolute Gasteiger partial charge is 0.467 e. The van der Waals surface area contributed by atoms with E-state index in [0.29, 0.717) is 19.4 Å². The van der Waals surface area contributed by atoms with Crippen molar-refractivity contribution in [1.82, 2.24) is 15.1 Å². The third-order valence-electron chi connectivity index (χ3n) is 4.17. The van der Waals surface area contributed by atoms with Gasteiger partial charge in [-0.25, -0.2) is 9.48 Å². The van der Waals surface area contributed by atoms with Gasteiger partial charge < -0.3 is 10.1 Å². The van der Waals surface area contributed by atoms with Gasteiger partial charge in [0.15, 0.2) is 0 Å². The number of nitrogens with one attached hydrogen (secondary N) is 1. The molecule has 7 nitrogen and oxygen atoms in total. The molecule has 1 saturated carbocycles. The maximum absolute atomic E-state index is 12.5.